The molecule has 64 heavy (non-hydrogen) atoms. The summed E-state index contributed by atoms with van der Waals surface area (Å²) in [5.74, 6) is -5.31. The predicted octanol–water partition coefficient (Wildman–Crippen LogP) is 4.77. The van der Waals surface area contributed by atoms with Crippen LogP contribution in [0.4, 0.5) is 36.6 Å². The third-order valence-corrected chi connectivity index (χ3v) is 13.7. The second-order valence-corrected chi connectivity index (χ2v) is 20.7. The van der Waals surface area contributed by atoms with Crippen molar-refractivity contribution in [2.75, 3.05) is 17.2 Å². The molecule has 16 nitrogen and oxygen atoms in total. The molecule has 0 saturated heterocycles. The maximum atomic E-state index is 15.5. The number of carbonyl (C=O) groups excluding carboxylic acids is 1. The van der Waals surface area contributed by atoms with E-state index in [0.29, 0.717) is 6.07 Å². The van der Waals surface area contributed by atoms with Crippen LogP contribution in [-0.4, -0.2) is 79.0 Å². The van der Waals surface area contributed by atoms with Gasteiger partial charge in [0.25, 0.3) is 11.5 Å². The number of alkyl halides is 5. The maximum Gasteiger partial charge on any atom is 0.435 e. The van der Waals surface area contributed by atoms with Gasteiger partial charge in [-0.05, 0) is 61.9 Å². The summed E-state index contributed by atoms with van der Waals surface area (Å²) in [5.41, 5.74) is -5.17. The van der Waals surface area contributed by atoms with Gasteiger partial charge in [0.05, 0.1) is 33.9 Å². The zero-order valence-electron chi connectivity index (χ0n) is 33.7. The Labute approximate surface area is 362 Å². The number of halogens is 8. The number of rotatable bonds is 10. The zero-order valence-corrected chi connectivity index (χ0v) is 36.1. The molecule has 1 amide bonds. The molecule has 26 heteroatoms. The number of benzene rings is 2. The fourth-order valence-corrected chi connectivity index (χ4v) is 8.68. The Bertz CT molecular complexity index is 3330. The van der Waals surface area contributed by atoms with Gasteiger partial charge in [-0.25, -0.2) is 25.6 Å². The van der Waals surface area contributed by atoms with E-state index in [1.807, 2.05) is 0 Å². The summed E-state index contributed by atoms with van der Waals surface area (Å²) in [6, 6.07) is 4.30. The van der Waals surface area contributed by atoms with Gasteiger partial charge in [0.15, 0.2) is 32.7 Å². The maximum absolute atomic E-state index is 15.5. The number of aromatic nitrogens is 8. The first-order valence-corrected chi connectivity index (χ1v) is 22.9. The highest BCUT2D eigenvalue weighted by Crippen LogP contribution is 2.68. The van der Waals surface area contributed by atoms with Gasteiger partial charge in [-0.2, -0.15) is 32.1 Å². The molecule has 1 fully saturated rings. The smallest absolute Gasteiger partial charge is 0.344 e. The standard InChI is InChI=1S/C38H32ClF7N10O6S2/c1-36(2,63(4,59)60)9-8-20-14-26-35(58)55(25-7-6-23(39)29-30(25)53(3)50-33(29)52-64(5,61)62)34(51-56(26)48-20)24(12-17-10-18(40)13-19(41)11-17)47-27(57)16-54-32-28(31(49-54)38(44,45)46)21-15-22(21)37(32,42)43/h6-7,10-11,13-14,21-22,24H,12,15-16H2,1-5H3,(H,47,57)(H,50,52)/t21-,22+,24-/m0/s1. The van der Waals surface area contributed by atoms with Crippen molar-refractivity contribution in [1.29, 1.82) is 0 Å². The molecular weight excluding hydrogens is 925 g/mol. The Morgan fingerprint density at radius 1 is 1.02 bits per heavy atom. The Kier molecular flexibility index (Phi) is 10.3. The third kappa shape index (κ3) is 7.84. The van der Waals surface area contributed by atoms with Crippen molar-refractivity contribution in [2.24, 2.45) is 13.0 Å². The summed E-state index contributed by atoms with van der Waals surface area (Å²) in [7, 11) is -6.36. The van der Waals surface area contributed by atoms with Gasteiger partial charge in [-0.3, -0.25) is 28.2 Å². The molecule has 2 aliphatic rings. The van der Waals surface area contributed by atoms with Crippen LogP contribution in [-0.2, 0) is 56.8 Å². The molecule has 1 saturated carbocycles. The number of nitrogens with one attached hydrogen (secondary N) is 2. The van der Waals surface area contributed by atoms with E-state index in [1.165, 1.54) is 33.0 Å². The lowest BCUT2D eigenvalue weighted by atomic mass is 10.0. The summed E-state index contributed by atoms with van der Waals surface area (Å²) in [5, 5.41) is 18.7. The minimum absolute atomic E-state index is 0.0166. The SMILES string of the molecule is Cn1nc(NS(C)(=O)=O)c2c(Cl)ccc(-n3c([C@H](Cc4cc(F)cc(F)c4)NC(=O)Cn4nc(C(F)(F)F)c5c4C(F)(F)[C@@H]4C[C@H]54)nn4nc(C#CC(C)(C)S(C)(=O)=O)cc4c3=O)c21. The largest absolute Gasteiger partial charge is 0.435 e. The lowest BCUT2D eigenvalue weighted by molar-refractivity contribution is -0.142. The van der Waals surface area contributed by atoms with E-state index in [9.17, 15) is 48.4 Å². The van der Waals surface area contributed by atoms with Crippen molar-refractivity contribution in [3.8, 4) is 17.5 Å². The van der Waals surface area contributed by atoms with Gasteiger partial charge < -0.3 is 5.32 Å². The number of anilines is 1. The molecule has 338 valence electrons. The van der Waals surface area contributed by atoms with Crippen molar-refractivity contribution in [1.82, 2.24) is 44.3 Å². The highest BCUT2D eigenvalue weighted by molar-refractivity contribution is 7.92. The van der Waals surface area contributed by atoms with E-state index in [4.69, 9.17) is 11.6 Å². The van der Waals surface area contributed by atoms with Crippen molar-refractivity contribution in [3.63, 3.8) is 0 Å². The van der Waals surface area contributed by atoms with Crippen molar-refractivity contribution in [3.05, 3.63) is 97.4 Å². The van der Waals surface area contributed by atoms with Crippen molar-refractivity contribution >= 4 is 59.6 Å². The van der Waals surface area contributed by atoms with Crippen LogP contribution in [0.25, 0.3) is 22.1 Å². The number of carbonyl (C=O) groups is 1. The molecule has 8 rings (SSSR count). The van der Waals surface area contributed by atoms with Gasteiger partial charge >= 0.3 is 6.18 Å². The lowest BCUT2D eigenvalue weighted by Gasteiger charge is -2.23. The van der Waals surface area contributed by atoms with E-state index >= 15 is 8.78 Å². The van der Waals surface area contributed by atoms with E-state index in [-0.39, 0.29) is 55.3 Å². The van der Waals surface area contributed by atoms with Gasteiger partial charge in [0.1, 0.15) is 34.3 Å². The van der Waals surface area contributed by atoms with Crippen LogP contribution in [0.15, 0.2) is 41.2 Å². The van der Waals surface area contributed by atoms with Crippen LogP contribution in [0, 0.1) is 29.4 Å². The summed E-state index contributed by atoms with van der Waals surface area (Å²) in [4.78, 5) is 28.9. The number of amides is 1. The number of aryl methyl sites for hydroxylation is 1. The van der Waals surface area contributed by atoms with Crippen LogP contribution < -0.4 is 15.6 Å². The average Bonchev–Trinajstić information content (AvgIpc) is 3.40. The van der Waals surface area contributed by atoms with Gasteiger partial charge in [0, 0.05) is 43.3 Å². The molecule has 2 aliphatic carbocycles. The number of sulfone groups is 1. The Morgan fingerprint density at radius 2 is 1.69 bits per heavy atom. The van der Waals surface area contributed by atoms with Gasteiger partial charge in [-0.15, -0.1) is 14.8 Å². The fraction of sp³-hybridized carbons (Fsp3) is 0.368. The summed E-state index contributed by atoms with van der Waals surface area (Å²) < 4.78 is 156. The topological polar surface area (TPSA) is 197 Å². The number of nitrogens with zero attached hydrogens (tertiary/aromatic N) is 8. The lowest BCUT2D eigenvalue weighted by Crippen LogP contribution is -2.39. The molecule has 0 radical (unpaired) electrons. The molecule has 2 N–H and O–H groups in total. The normalized spacial score (nSPS) is 17.5. The average molecular weight is 957 g/mol. The van der Waals surface area contributed by atoms with Crippen molar-refractivity contribution < 1.29 is 52.4 Å². The molecule has 0 bridgehead atoms. The zero-order chi connectivity index (χ0) is 46.8. The molecule has 2 aromatic carbocycles. The molecule has 6 aromatic rings. The first-order chi connectivity index (χ1) is 29.6. The predicted molar refractivity (Wildman–Crippen MR) is 215 cm³/mol. The van der Waals surface area contributed by atoms with E-state index in [0.717, 1.165) is 44.6 Å². The van der Waals surface area contributed by atoms with Crippen LogP contribution >= 0.6 is 11.6 Å². The monoisotopic (exact) mass is 956 g/mol. The van der Waals surface area contributed by atoms with E-state index in [2.05, 4.69) is 42.3 Å². The molecular formula is C38H32ClF7N10O6S2. The third-order valence-electron chi connectivity index (χ3n) is 10.9. The second-order valence-electron chi connectivity index (χ2n) is 16.0. The molecule has 4 aromatic heterocycles. The second kappa shape index (κ2) is 14.8. The minimum atomic E-state index is -5.15. The van der Waals surface area contributed by atoms with E-state index in [1.54, 1.807) is 0 Å². The highest BCUT2D eigenvalue weighted by Gasteiger charge is 2.68. The summed E-state index contributed by atoms with van der Waals surface area (Å²) >= 11 is 6.57. The number of sulfonamides is 1. The van der Waals surface area contributed by atoms with Crippen molar-refractivity contribution in [2.45, 2.75) is 62.0 Å². The molecule has 0 unspecified atom stereocenters. The van der Waals surface area contributed by atoms with Gasteiger partial charge in [0.2, 0.25) is 15.9 Å². The number of hydrogen-bond acceptors (Lipinski definition) is 10. The van der Waals surface area contributed by atoms with Crippen LogP contribution in [0.2, 0.25) is 5.02 Å². The van der Waals surface area contributed by atoms with Crippen LogP contribution in [0.1, 0.15) is 66.3 Å². The Balaban J connectivity index is 1.35. The number of hydrogen-bond donors (Lipinski definition) is 2. The first kappa shape index (κ1) is 44.6. The fourth-order valence-electron chi connectivity index (χ4n) is 7.71. The molecule has 0 spiro atoms. The van der Waals surface area contributed by atoms with Crippen LogP contribution in [0.5, 0.6) is 0 Å². The minimum Gasteiger partial charge on any atom is -0.344 e. The van der Waals surface area contributed by atoms with Crippen LogP contribution in [0.3, 0.4) is 0 Å². The van der Waals surface area contributed by atoms with E-state index < -0.39 is 113 Å². The Hall–Kier alpha value is -6.00. The molecule has 4 heterocycles. The quantitative estimate of drug-likeness (QED) is 0.143. The summed E-state index contributed by atoms with van der Waals surface area (Å²) in [6.07, 6.45) is -4.18. The van der Waals surface area contributed by atoms with Gasteiger partial charge in [-0.1, -0.05) is 17.5 Å². The number of fused-ring (bicyclic) bond motifs is 5. The molecule has 0 aliphatic heterocycles. The summed E-state index contributed by atoms with van der Waals surface area (Å²) in [6.45, 7) is 1.43. The molecule has 3 atom stereocenters. The Morgan fingerprint density at radius 3 is 2.31 bits per heavy atom. The highest BCUT2D eigenvalue weighted by atomic mass is 35.5. The first-order valence-electron chi connectivity index (χ1n) is 18.8.